The zero-order valence-corrected chi connectivity index (χ0v) is 17.1. The molecule has 5 rings (SSSR count). The third-order valence-corrected chi connectivity index (χ3v) is 5.92. The number of nitrogen functional groups attached to an aromatic ring is 1. The molecular weight excluding hydrogens is 412 g/mol. The first kappa shape index (κ1) is 20.2. The van der Waals surface area contributed by atoms with Crippen LogP contribution in [0.25, 0.3) is 11.3 Å². The van der Waals surface area contributed by atoms with E-state index < -0.39 is 5.97 Å². The third-order valence-electron chi connectivity index (χ3n) is 5.92. The molecule has 3 heterocycles. The number of aromatic nitrogens is 2. The number of phenolic OH excluding ortho intramolecular Hbond substituents is 1. The molecule has 0 saturated carbocycles. The number of carbonyl (C=O) groups is 1. The van der Waals surface area contributed by atoms with E-state index in [4.69, 9.17) is 20.3 Å². The quantitative estimate of drug-likeness (QED) is 0.567. The van der Waals surface area contributed by atoms with E-state index in [1.165, 1.54) is 0 Å². The number of para-hydroxylation sites is 1. The number of phenols is 1. The molecule has 1 aromatic heterocycles. The Bertz CT molecular complexity index is 1150. The maximum absolute atomic E-state index is 11.2. The molecule has 0 radical (unpaired) electrons. The second-order valence-electron chi connectivity index (χ2n) is 7.86. The fourth-order valence-electron chi connectivity index (χ4n) is 4.26. The monoisotopic (exact) mass is 434 g/mol. The summed E-state index contributed by atoms with van der Waals surface area (Å²) in [5.74, 6) is -0.589. The van der Waals surface area contributed by atoms with Crippen molar-refractivity contribution in [1.82, 2.24) is 10.2 Å². The number of hydrogen-bond donors (Lipinski definition) is 3. The van der Waals surface area contributed by atoms with Gasteiger partial charge in [-0.2, -0.15) is 0 Å². The molecule has 9 heteroatoms. The van der Waals surface area contributed by atoms with Crippen LogP contribution in [0.5, 0.6) is 5.75 Å². The Morgan fingerprint density at radius 1 is 1.09 bits per heavy atom. The first-order valence-corrected chi connectivity index (χ1v) is 10.3. The standard InChI is InChI=1S/C23H22N4O5/c24-22-17(9-16(25-26-22)15-3-1-2-4-19(15)28)27-10-20(32-21-12-31-11-18(21)27)13-5-7-14(8-6-13)23(29)30/h1-9,18,20-21,28H,10-12H2,(H2,24,26)(H,29,30)/t18-,20+,21+/m1/s1. The SMILES string of the molecule is Nc1nnc(-c2ccccc2O)cc1N1C[C@@H](c2ccc(C(=O)O)cc2)O[C@H]2COC[C@H]21. The molecule has 2 fully saturated rings. The maximum atomic E-state index is 11.2. The summed E-state index contributed by atoms with van der Waals surface area (Å²) in [5, 5.41) is 27.7. The molecule has 0 spiro atoms. The average Bonchev–Trinajstić information content (AvgIpc) is 3.28. The van der Waals surface area contributed by atoms with Crippen LogP contribution in [0.3, 0.4) is 0 Å². The number of aromatic hydroxyl groups is 1. The lowest BCUT2D eigenvalue weighted by molar-refractivity contribution is -0.0397. The predicted octanol–water partition coefficient (Wildman–Crippen LogP) is 2.47. The van der Waals surface area contributed by atoms with Gasteiger partial charge < -0.3 is 30.3 Å². The first-order chi connectivity index (χ1) is 15.5. The highest BCUT2D eigenvalue weighted by Crippen LogP contribution is 2.38. The number of morpholine rings is 1. The molecule has 4 N–H and O–H groups in total. The summed E-state index contributed by atoms with van der Waals surface area (Å²) in [6, 6.07) is 15.4. The number of carboxylic acid groups (broad SMARTS) is 1. The highest BCUT2D eigenvalue weighted by atomic mass is 16.6. The Morgan fingerprint density at radius 3 is 2.62 bits per heavy atom. The molecule has 2 saturated heterocycles. The van der Waals surface area contributed by atoms with E-state index in [2.05, 4.69) is 15.1 Å². The van der Waals surface area contributed by atoms with Crippen molar-refractivity contribution in [2.24, 2.45) is 0 Å². The summed E-state index contributed by atoms with van der Waals surface area (Å²) in [5.41, 5.74) is 9.08. The van der Waals surface area contributed by atoms with Gasteiger partial charge in [0.1, 0.15) is 18.0 Å². The summed E-state index contributed by atoms with van der Waals surface area (Å²) >= 11 is 0. The Hall–Kier alpha value is -3.69. The van der Waals surface area contributed by atoms with Crippen LogP contribution in [0.2, 0.25) is 0 Å². The number of fused-ring (bicyclic) bond motifs is 1. The van der Waals surface area contributed by atoms with Crippen molar-refractivity contribution in [3.05, 3.63) is 65.7 Å². The Morgan fingerprint density at radius 2 is 1.88 bits per heavy atom. The smallest absolute Gasteiger partial charge is 0.335 e. The van der Waals surface area contributed by atoms with E-state index in [0.717, 1.165) is 5.56 Å². The molecule has 3 aromatic rings. The van der Waals surface area contributed by atoms with E-state index >= 15 is 0 Å². The van der Waals surface area contributed by atoms with Crippen molar-refractivity contribution in [3.8, 4) is 17.0 Å². The fraction of sp³-hybridized carbons (Fsp3) is 0.261. The molecule has 0 amide bonds. The number of rotatable bonds is 4. The number of nitrogens with two attached hydrogens (primary N) is 1. The van der Waals surface area contributed by atoms with E-state index in [9.17, 15) is 9.90 Å². The van der Waals surface area contributed by atoms with Gasteiger partial charge in [-0.1, -0.05) is 24.3 Å². The van der Waals surface area contributed by atoms with Gasteiger partial charge in [0.15, 0.2) is 5.82 Å². The topological polar surface area (TPSA) is 131 Å². The number of aromatic carboxylic acids is 1. The largest absolute Gasteiger partial charge is 0.507 e. The van der Waals surface area contributed by atoms with E-state index in [-0.39, 0.29) is 35.4 Å². The minimum Gasteiger partial charge on any atom is -0.507 e. The summed E-state index contributed by atoms with van der Waals surface area (Å²) in [6.45, 7) is 1.42. The molecule has 0 aliphatic carbocycles. The molecule has 164 valence electrons. The van der Waals surface area contributed by atoms with Crippen LogP contribution in [0.4, 0.5) is 11.5 Å². The highest BCUT2D eigenvalue weighted by molar-refractivity contribution is 5.87. The summed E-state index contributed by atoms with van der Waals surface area (Å²) in [7, 11) is 0. The van der Waals surface area contributed by atoms with Crippen molar-refractivity contribution < 1.29 is 24.5 Å². The van der Waals surface area contributed by atoms with Gasteiger partial charge in [-0.25, -0.2) is 4.79 Å². The van der Waals surface area contributed by atoms with Crippen LogP contribution in [0.1, 0.15) is 22.0 Å². The second kappa shape index (κ2) is 8.10. The maximum Gasteiger partial charge on any atom is 0.335 e. The van der Waals surface area contributed by atoms with Crippen molar-refractivity contribution in [1.29, 1.82) is 0 Å². The number of anilines is 2. The third kappa shape index (κ3) is 3.61. The summed E-state index contributed by atoms with van der Waals surface area (Å²) < 4.78 is 12.0. The van der Waals surface area contributed by atoms with Crippen molar-refractivity contribution >= 4 is 17.5 Å². The van der Waals surface area contributed by atoms with Crippen LogP contribution in [-0.2, 0) is 9.47 Å². The van der Waals surface area contributed by atoms with Gasteiger partial charge >= 0.3 is 5.97 Å². The zero-order chi connectivity index (χ0) is 22.2. The number of carboxylic acids is 1. The van der Waals surface area contributed by atoms with Crippen LogP contribution < -0.4 is 10.6 Å². The molecule has 3 atom stereocenters. The Labute approximate surface area is 184 Å². The number of hydrogen-bond acceptors (Lipinski definition) is 8. The van der Waals surface area contributed by atoms with E-state index in [1.54, 1.807) is 42.5 Å². The number of nitrogens with zero attached hydrogens (tertiary/aromatic N) is 3. The molecule has 2 aliphatic heterocycles. The predicted molar refractivity (Wildman–Crippen MR) is 117 cm³/mol. The zero-order valence-electron chi connectivity index (χ0n) is 17.1. The van der Waals surface area contributed by atoms with Crippen molar-refractivity contribution in [2.75, 3.05) is 30.4 Å². The molecule has 32 heavy (non-hydrogen) atoms. The Balaban J connectivity index is 1.51. The lowest BCUT2D eigenvalue weighted by Gasteiger charge is -2.42. The van der Waals surface area contributed by atoms with Crippen molar-refractivity contribution in [3.63, 3.8) is 0 Å². The first-order valence-electron chi connectivity index (χ1n) is 10.3. The van der Waals surface area contributed by atoms with Gasteiger partial charge in [-0.3, -0.25) is 0 Å². The minimum atomic E-state index is -0.973. The number of benzene rings is 2. The fourth-order valence-corrected chi connectivity index (χ4v) is 4.26. The average molecular weight is 434 g/mol. The van der Waals surface area contributed by atoms with Gasteiger partial charge in [0, 0.05) is 12.1 Å². The lowest BCUT2D eigenvalue weighted by Crippen LogP contribution is -2.52. The lowest BCUT2D eigenvalue weighted by atomic mass is 10.0. The molecular formula is C23H22N4O5. The van der Waals surface area contributed by atoms with Crippen molar-refractivity contribution in [2.45, 2.75) is 18.2 Å². The van der Waals surface area contributed by atoms with Gasteiger partial charge in [0.2, 0.25) is 0 Å². The molecule has 9 nitrogen and oxygen atoms in total. The minimum absolute atomic E-state index is 0.0479. The van der Waals surface area contributed by atoms with Crippen LogP contribution >= 0.6 is 0 Å². The normalized spacial score (nSPS) is 22.5. The van der Waals surface area contributed by atoms with Gasteiger partial charge in [0.25, 0.3) is 0 Å². The molecule has 2 aliphatic rings. The van der Waals surface area contributed by atoms with E-state index in [0.29, 0.717) is 36.7 Å². The van der Waals surface area contributed by atoms with Gasteiger partial charge in [-0.05, 0) is 35.9 Å². The molecule has 2 aromatic carbocycles. The van der Waals surface area contributed by atoms with E-state index in [1.807, 2.05) is 12.1 Å². The summed E-state index contributed by atoms with van der Waals surface area (Å²) in [6.07, 6.45) is -0.476. The Kier molecular flexibility index (Phi) is 5.12. The van der Waals surface area contributed by atoms with Gasteiger partial charge in [0.05, 0.1) is 36.2 Å². The highest BCUT2D eigenvalue weighted by Gasteiger charge is 2.42. The van der Waals surface area contributed by atoms with Gasteiger partial charge in [-0.15, -0.1) is 10.2 Å². The molecule has 0 bridgehead atoms. The van der Waals surface area contributed by atoms with Crippen LogP contribution in [0, 0.1) is 0 Å². The number of ether oxygens (including phenoxy) is 2. The van der Waals surface area contributed by atoms with Crippen LogP contribution in [0.15, 0.2) is 54.6 Å². The van der Waals surface area contributed by atoms with Crippen LogP contribution in [-0.4, -0.2) is 58.3 Å². The molecule has 0 unspecified atom stereocenters. The summed E-state index contributed by atoms with van der Waals surface area (Å²) in [4.78, 5) is 13.3. The second-order valence-corrected chi connectivity index (χ2v) is 7.86.